The number of nitrogens with zero attached hydrogens (tertiary/aromatic N) is 1. The summed E-state index contributed by atoms with van der Waals surface area (Å²) < 4.78 is 0. The molecule has 100 valence electrons. The fraction of sp³-hybridized carbons (Fsp3) is 0.118. The van der Waals surface area contributed by atoms with Gasteiger partial charge in [0.25, 0.3) is 0 Å². The molecule has 0 radical (unpaired) electrons. The van der Waals surface area contributed by atoms with Crippen molar-refractivity contribution >= 4 is 22.5 Å². The van der Waals surface area contributed by atoms with Crippen LogP contribution in [0.2, 0.25) is 5.02 Å². The van der Waals surface area contributed by atoms with E-state index in [-0.39, 0.29) is 6.04 Å². The first-order chi connectivity index (χ1) is 9.65. The van der Waals surface area contributed by atoms with E-state index >= 15 is 0 Å². The molecule has 3 aromatic rings. The van der Waals surface area contributed by atoms with Crippen molar-refractivity contribution in [1.82, 2.24) is 4.98 Å². The lowest BCUT2D eigenvalue weighted by molar-refractivity contribution is 0.876. The summed E-state index contributed by atoms with van der Waals surface area (Å²) in [6.45, 7) is 1.99. The van der Waals surface area contributed by atoms with E-state index in [4.69, 9.17) is 17.3 Å². The first kappa shape index (κ1) is 13.1. The molecule has 20 heavy (non-hydrogen) atoms. The van der Waals surface area contributed by atoms with Crippen LogP contribution in [0.4, 0.5) is 0 Å². The number of halogens is 1. The number of para-hydroxylation sites is 1. The van der Waals surface area contributed by atoms with Crippen LogP contribution in [0.15, 0.2) is 54.6 Å². The third-order valence-corrected chi connectivity index (χ3v) is 3.65. The molecule has 0 aliphatic heterocycles. The van der Waals surface area contributed by atoms with Gasteiger partial charge in [0.1, 0.15) is 0 Å². The minimum atomic E-state index is -0.208. The third-order valence-electron chi connectivity index (χ3n) is 3.42. The number of rotatable bonds is 2. The van der Waals surface area contributed by atoms with Crippen LogP contribution in [-0.2, 0) is 0 Å². The van der Waals surface area contributed by atoms with Crippen LogP contribution < -0.4 is 5.73 Å². The van der Waals surface area contributed by atoms with Crippen LogP contribution in [0.25, 0.3) is 10.9 Å². The SMILES string of the molecule is Cc1cc(C(N)c2cccc(Cl)c2)c2ccccc2n1. The van der Waals surface area contributed by atoms with Gasteiger partial charge in [-0.1, -0.05) is 41.9 Å². The maximum Gasteiger partial charge on any atom is 0.0708 e. The maximum atomic E-state index is 6.43. The van der Waals surface area contributed by atoms with E-state index in [1.165, 1.54) is 0 Å². The summed E-state index contributed by atoms with van der Waals surface area (Å²) in [6, 6.07) is 17.6. The second-order valence-electron chi connectivity index (χ2n) is 4.90. The molecule has 0 fully saturated rings. The predicted octanol–water partition coefficient (Wildman–Crippen LogP) is 4.24. The minimum absolute atomic E-state index is 0.208. The summed E-state index contributed by atoms with van der Waals surface area (Å²) in [4.78, 5) is 4.55. The number of benzene rings is 2. The molecule has 0 saturated heterocycles. The van der Waals surface area contributed by atoms with Gasteiger partial charge in [-0.15, -0.1) is 0 Å². The van der Waals surface area contributed by atoms with Gasteiger partial charge in [0, 0.05) is 16.1 Å². The van der Waals surface area contributed by atoms with Crippen LogP contribution in [-0.4, -0.2) is 4.98 Å². The van der Waals surface area contributed by atoms with Gasteiger partial charge < -0.3 is 5.73 Å². The summed E-state index contributed by atoms with van der Waals surface area (Å²) >= 11 is 6.06. The second-order valence-corrected chi connectivity index (χ2v) is 5.34. The third kappa shape index (κ3) is 2.40. The molecule has 3 heteroatoms. The van der Waals surface area contributed by atoms with E-state index < -0.39 is 0 Å². The van der Waals surface area contributed by atoms with Crippen LogP contribution in [0.5, 0.6) is 0 Å². The Morgan fingerprint density at radius 3 is 2.65 bits per heavy atom. The van der Waals surface area contributed by atoms with E-state index in [1.54, 1.807) is 0 Å². The highest BCUT2D eigenvalue weighted by Gasteiger charge is 2.13. The van der Waals surface area contributed by atoms with Crippen molar-refractivity contribution in [3.8, 4) is 0 Å². The Kier molecular flexibility index (Phi) is 3.43. The molecule has 2 aromatic carbocycles. The quantitative estimate of drug-likeness (QED) is 0.763. The number of nitrogens with two attached hydrogens (primary N) is 1. The van der Waals surface area contributed by atoms with Crippen molar-refractivity contribution in [2.24, 2.45) is 5.73 Å². The smallest absolute Gasteiger partial charge is 0.0708 e. The standard InChI is InChI=1S/C17H15ClN2/c1-11-9-15(14-7-2-3-8-16(14)20-11)17(19)12-5-4-6-13(18)10-12/h2-10,17H,19H2,1H3. The molecule has 1 unspecified atom stereocenters. The molecular formula is C17H15ClN2. The van der Waals surface area contributed by atoms with Gasteiger partial charge in [0.05, 0.1) is 11.6 Å². The molecule has 0 bridgehead atoms. The molecule has 2 N–H and O–H groups in total. The summed E-state index contributed by atoms with van der Waals surface area (Å²) in [6.07, 6.45) is 0. The summed E-state index contributed by atoms with van der Waals surface area (Å²) in [7, 11) is 0. The fourth-order valence-electron chi connectivity index (χ4n) is 2.48. The zero-order chi connectivity index (χ0) is 14.1. The molecule has 0 spiro atoms. The molecule has 1 atom stereocenters. The van der Waals surface area contributed by atoms with E-state index in [2.05, 4.69) is 11.1 Å². The largest absolute Gasteiger partial charge is 0.320 e. The molecular weight excluding hydrogens is 268 g/mol. The lowest BCUT2D eigenvalue weighted by Crippen LogP contribution is -2.13. The van der Waals surface area contributed by atoms with Crippen molar-refractivity contribution < 1.29 is 0 Å². The summed E-state index contributed by atoms with van der Waals surface area (Å²) in [5.41, 5.74) is 10.5. The van der Waals surface area contributed by atoms with Gasteiger partial charge in [-0.05, 0) is 42.3 Å². The molecule has 0 amide bonds. The van der Waals surface area contributed by atoms with Crippen LogP contribution in [0, 0.1) is 6.92 Å². The van der Waals surface area contributed by atoms with E-state index in [1.807, 2.05) is 55.5 Å². The highest BCUT2D eigenvalue weighted by atomic mass is 35.5. The number of hydrogen-bond acceptors (Lipinski definition) is 2. The van der Waals surface area contributed by atoms with Crippen molar-refractivity contribution in [2.75, 3.05) is 0 Å². The second kappa shape index (κ2) is 5.23. The van der Waals surface area contributed by atoms with E-state index in [9.17, 15) is 0 Å². The normalized spacial score (nSPS) is 12.6. The number of aryl methyl sites for hydroxylation is 1. The number of pyridine rings is 1. The lowest BCUT2D eigenvalue weighted by atomic mass is 9.96. The molecule has 3 rings (SSSR count). The van der Waals surface area contributed by atoms with Gasteiger partial charge in [-0.2, -0.15) is 0 Å². The van der Waals surface area contributed by atoms with Crippen molar-refractivity contribution in [1.29, 1.82) is 0 Å². The zero-order valence-corrected chi connectivity index (χ0v) is 11.9. The molecule has 1 aromatic heterocycles. The maximum absolute atomic E-state index is 6.43. The molecule has 0 saturated carbocycles. The van der Waals surface area contributed by atoms with Crippen LogP contribution in [0.3, 0.4) is 0 Å². The molecule has 2 nitrogen and oxygen atoms in total. The van der Waals surface area contributed by atoms with Crippen molar-refractivity contribution in [2.45, 2.75) is 13.0 Å². The highest BCUT2D eigenvalue weighted by molar-refractivity contribution is 6.30. The van der Waals surface area contributed by atoms with Crippen molar-refractivity contribution in [3.05, 3.63) is 76.4 Å². The minimum Gasteiger partial charge on any atom is -0.320 e. The number of fused-ring (bicyclic) bond motifs is 1. The molecule has 0 aliphatic carbocycles. The van der Waals surface area contributed by atoms with Gasteiger partial charge in [0.2, 0.25) is 0 Å². The fourth-order valence-corrected chi connectivity index (χ4v) is 2.68. The Labute approximate surface area is 123 Å². The summed E-state index contributed by atoms with van der Waals surface area (Å²) in [5.74, 6) is 0. The Morgan fingerprint density at radius 1 is 1.05 bits per heavy atom. The Balaban J connectivity index is 2.18. The average Bonchev–Trinajstić information content (AvgIpc) is 2.45. The monoisotopic (exact) mass is 282 g/mol. The van der Waals surface area contributed by atoms with E-state index in [0.717, 1.165) is 27.7 Å². The highest BCUT2D eigenvalue weighted by Crippen LogP contribution is 2.28. The zero-order valence-electron chi connectivity index (χ0n) is 11.2. The van der Waals surface area contributed by atoms with Crippen LogP contribution in [0.1, 0.15) is 22.9 Å². The first-order valence-corrected chi connectivity index (χ1v) is 6.90. The Hall–Kier alpha value is -1.90. The Morgan fingerprint density at radius 2 is 1.85 bits per heavy atom. The first-order valence-electron chi connectivity index (χ1n) is 6.52. The summed E-state index contributed by atoms with van der Waals surface area (Å²) in [5, 5.41) is 1.79. The van der Waals surface area contributed by atoms with Gasteiger partial charge in [-0.3, -0.25) is 4.98 Å². The number of hydrogen-bond donors (Lipinski definition) is 1. The average molecular weight is 283 g/mol. The van der Waals surface area contributed by atoms with Gasteiger partial charge >= 0.3 is 0 Å². The van der Waals surface area contributed by atoms with Crippen molar-refractivity contribution in [3.63, 3.8) is 0 Å². The number of aromatic nitrogens is 1. The van der Waals surface area contributed by atoms with Gasteiger partial charge in [-0.25, -0.2) is 0 Å². The molecule has 0 aliphatic rings. The lowest BCUT2D eigenvalue weighted by Gasteiger charge is -2.16. The van der Waals surface area contributed by atoms with Crippen LogP contribution >= 0.6 is 11.6 Å². The van der Waals surface area contributed by atoms with E-state index in [0.29, 0.717) is 5.02 Å². The van der Waals surface area contributed by atoms with Gasteiger partial charge in [0.15, 0.2) is 0 Å². The Bertz CT molecular complexity index is 768. The topological polar surface area (TPSA) is 38.9 Å². The predicted molar refractivity (Wildman–Crippen MR) is 84.0 cm³/mol. The molecule has 1 heterocycles.